The average Bonchev–Trinajstić information content (AvgIpc) is 3.61. The first-order valence-electron chi connectivity index (χ1n) is 18.6. The van der Waals surface area contributed by atoms with E-state index in [0.717, 1.165) is 49.7 Å². The van der Waals surface area contributed by atoms with Gasteiger partial charge in [0, 0.05) is 33.2 Å². The fraction of sp³-hybridized carbons (Fsp3) is 0. The third kappa shape index (κ3) is 5.03. The van der Waals surface area contributed by atoms with Crippen LogP contribution in [-0.2, 0) is 0 Å². The van der Waals surface area contributed by atoms with Crippen LogP contribution >= 0.6 is 0 Å². The predicted molar refractivity (Wildman–Crippen MR) is 228 cm³/mol. The zero-order valence-electron chi connectivity index (χ0n) is 29.8. The van der Waals surface area contributed by atoms with E-state index in [9.17, 15) is 0 Å². The molecule has 0 saturated heterocycles. The molecule has 0 N–H and O–H groups in total. The number of nitrogens with zero attached hydrogens (tertiary/aromatic N) is 4. The Balaban J connectivity index is 1.21. The molecular weight excluding hydrogens is 669 g/mol. The molecular formula is C51H32N4. The summed E-state index contributed by atoms with van der Waals surface area (Å²) in [6.45, 7) is 0. The van der Waals surface area contributed by atoms with Gasteiger partial charge in [0.15, 0.2) is 17.5 Å². The van der Waals surface area contributed by atoms with E-state index >= 15 is 0 Å². The molecule has 55 heavy (non-hydrogen) atoms. The zero-order valence-corrected chi connectivity index (χ0v) is 29.8. The van der Waals surface area contributed by atoms with Crippen LogP contribution in [0.15, 0.2) is 194 Å². The molecule has 4 nitrogen and oxygen atoms in total. The van der Waals surface area contributed by atoms with Gasteiger partial charge >= 0.3 is 0 Å². The summed E-state index contributed by atoms with van der Waals surface area (Å²) in [7, 11) is 0. The maximum absolute atomic E-state index is 5.40. The highest BCUT2D eigenvalue weighted by atomic mass is 15.0. The van der Waals surface area contributed by atoms with E-state index in [1.165, 1.54) is 37.9 Å². The molecule has 11 aromatic rings. The highest BCUT2D eigenvalue weighted by molar-refractivity contribution is 6.21. The second kappa shape index (κ2) is 12.6. The van der Waals surface area contributed by atoms with E-state index in [0.29, 0.717) is 17.5 Å². The lowest BCUT2D eigenvalue weighted by Crippen LogP contribution is -2.01. The Hall–Kier alpha value is -7.43. The van der Waals surface area contributed by atoms with Gasteiger partial charge in [-0.25, -0.2) is 15.0 Å². The van der Waals surface area contributed by atoms with Gasteiger partial charge in [-0.2, -0.15) is 0 Å². The molecule has 0 radical (unpaired) electrons. The summed E-state index contributed by atoms with van der Waals surface area (Å²) in [5.41, 5.74) is 8.44. The lowest BCUT2D eigenvalue weighted by atomic mass is 9.88. The summed E-state index contributed by atoms with van der Waals surface area (Å²) in [5, 5.41) is 9.52. The highest BCUT2D eigenvalue weighted by Gasteiger charge is 2.22. The summed E-state index contributed by atoms with van der Waals surface area (Å²) in [5.74, 6) is 1.90. The Morgan fingerprint density at radius 3 is 1.73 bits per heavy atom. The average molecular weight is 701 g/mol. The van der Waals surface area contributed by atoms with Gasteiger partial charge in [-0.05, 0) is 73.8 Å². The molecule has 0 bridgehead atoms. The first-order valence-corrected chi connectivity index (χ1v) is 18.6. The lowest BCUT2D eigenvalue weighted by molar-refractivity contribution is 1.08. The van der Waals surface area contributed by atoms with Crippen LogP contribution in [0, 0.1) is 0 Å². The maximum Gasteiger partial charge on any atom is 0.164 e. The minimum absolute atomic E-state index is 0.630. The second-order valence-corrected chi connectivity index (χ2v) is 14.0. The van der Waals surface area contributed by atoms with Crippen molar-refractivity contribution in [2.24, 2.45) is 0 Å². The van der Waals surface area contributed by atoms with Gasteiger partial charge in [0.25, 0.3) is 0 Å². The number of para-hydroxylation sites is 2. The van der Waals surface area contributed by atoms with Gasteiger partial charge in [-0.15, -0.1) is 0 Å². The van der Waals surface area contributed by atoms with Crippen molar-refractivity contribution in [1.29, 1.82) is 0 Å². The van der Waals surface area contributed by atoms with Gasteiger partial charge in [0.1, 0.15) is 0 Å². The van der Waals surface area contributed by atoms with Crippen molar-refractivity contribution in [3.63, 3.8) is 0 Å². The number of hydrogen-bond acceptors (Lipinski definition) is 3. The number of hydrogen-bond donors (Lipinski definition) is 0. The Morgan fingerprint density at radius 1 is 0.327 bits per heavy atom. The molecule has 0 atom stereocenters. The standard InChI is InChI=1S/C51H32N4/c1-3-17-34(18-4-1)49-52-50(54-51(53-49)43-27-15-29-46-48(43)42-26-13-14-28-45(42)55(46)36-20-5-2-6-21-36)41-25-12-11-24-39(41)47-38-23-10-8-19-35(38)32-44-37-22-9-7-16-33(37)30-31-40(44)47/h1-32H. The van der Waals surface area contributed by atoms with Crippen LogP contribution in [0.4, 0.5) is 0 Å². The van der Waals surface area contributed by atoms with Crippen LogP contribution in [0.2, 0.25) is 0 Å². The summed E-state index contributed by atoms with van der Waals surface area (Å²) >= 11 is 0. The Bertz CT molecular complexity index is 3260. The number of benzene rings is 9. The molecule has 2 aromatic heterocycles. The van der Waals surface area contributed by atoms with Gasteiger partial charge in [0.05, 0.1) is 11.0 Å². The minimum Gasteiger partial charge on any atom is -0.309 e. The molecule has 4 heteroatoms. The van der Waals surface area contributed by atoms with E-state index in [1.807, 2.05) is 18.2 Å². The van der Waals surface area contributed by atoms with Gasteiger partial charge < -0.3 is 4.57 Å². The van der Waals surface area contributed by atoms with Crippen molar-refractivity contribution < 1.29 is 0 Å². The maximum atomic E-state index is 5.40. The molecule has 9 aromatic carbocycles. The summed E-state index contributed by atoms with van der Waals surface area (Å²) in [6, 6.07) is 68.6. The molecule has 0 amide bonds. The van der Waals surface area contributed by atoms with Crippen LogP contribution in [-0.4, -0.2) is 19.5 Å². The van der Waals surface area contributed by atoms with E-state index in [4.69, 9.17) is 15.0 Å². The largest absolute Gasteiger partial charge is 0.309 e. The predicted octanol–water partition coefficient (Wildman–Crippen LogP) is 13.1. The molecule has 0 saturated carbocycles. The van der Waals surface area contributed by atoms with Crippen molar-refractivity contribution in [1.82, 2.24) is 19.5 Å². The number of aromatic nitrogens is 4. The van der Waals surface area contributed by atoms with Crippen LogP contribution < -0.4 is 0 Å². The SMILES string of the molecule is c1ccc(-c2nc(-c3ccccc3-c3c4ccccc4cc4c3ccc3ccccc34)nc(-c3cccc4c3c3ccccc3n4-c3ccccc3)n2)cc1. The molecule has 0 spiro atoms. The van der Waals surface area contributed by atoms with Crippen molar-refractivity contribution in [3.05, 3.63) is 194 Å². The molecule has 2 heterocycles. The van der Waals surface area contributed by atoms with Crippen molar-refractivity contribution >= 4 is 54.1 Å². The van der Waals surface area contributed by atoms with E-state index in [1.54, 1.807) is 0 Å². The van der Waals surface area contributed by atoms with E-state index in [-0.39, 0.29) is 0 Å². The fourth-order valence-corrected chi connectivity index (χ4v) is 8.40. The highest BCUT2D eigenvalue weighted by Crippen LogP contribution is 2.43. The normalized spacial score (nSPS) is 11.6. The Morgan fingerprint density at radius 2 is 0.909 bits per heavy atom. The van der Waals surface area contributed by atoms with E-state index in [2.05, 4.69) is 180 Å². The molecule has 0 unspecified atom stereocenters. The topological polar surface area (TPSA) is 43.6 Å². The quantitative estimate of drug-likeness (QED) is 0.133. The minimum atomic E-state index is 0.630. The van der Waals surface area contributed by atoms with Crippen LogP contribution in [0.3, 0.4) is 0 Å². The molecule has 256 valence electrons. The molecule has 0 aliphatic carbocycles. The van der Waals surface area contributed by atoms with Gasteiger partial charge in [-0.1, -0.05) is 164 Å². The zero-order chi connectivity index (χ0) is 36.3. The number of fused-ring (bicyclic) bond motifs is 7. The Labute approximate surface area is 317 Å². The molecule has 0 fully saturated rings. The molecule has 0 aliphatic rings. The van der Waals surface area contributed by atoms with Crippen LogP contribution in [0.5, 0.6) is 0 Å². The second-order valence-electron chi connectivity index (χ2n) is 14.0. The fourth-order valence-electron chi connectivity index (χ4n) is 8.40. The van der Waals surface area contributed by atoms with Crippen molar-refractivity contribution in [2.45, 2.75) is 0 Å². The van der Waals surface area contributed by atoms with Crippen LogP contribution in [0.1, 0.15) is 0 Å². The van der Waals surface area contributed by atoms with Gasteiger partial charge in [0.2, 0.25) is 0 Å². The Kier molecular flexibility index (Phi) is 7.14. The van der Waals surface area contributed by atoms with Crippen molar-refractivity contribution in [2.75, 3.05) is 0 Å². The smallest absolute Gasteiger partial charge is 0.164 e. The summed E-state index contributed by atoms with van der Waals surface area (Å²) < 4.78 is 2.33. The third-order valence-electron chi connectivity index (χ3n) is 10.8. The first kappa shape index (κ1) is 31.1. The van der Waals surface area contributed by atoms with Gasteiger partial charge in [-0.3, -0.25) is 0 Å². The monoisotopic (exact) mass is 700 g/mol. The van der Waals surface area contributed by atoms with E-state index < -0.39 is 0 Å². The van der Waals surface area contributed by atoms with Crippen molar-refractivity contribution in [3.8, 4) is 51.0 Å². The third-order valence-corrected chi connectivity index (χ3v) is 10.8. The summed E-state index contributed by atoms with van der Waals surface area (Å²) in [4.78, 5) is 15.9. The summed E-state index contributed by atoms with van der Waals surface area (Å²) in [6.07, 6.45) is 0. The molecule has 11 rings (SSSR count). The van der Waals surface area contributed by atoms with Crippen LogP contribution in [0.25, 0.3) is 105 Å². The first-order chi connectivity index (χ1) is 27.3. The number of rotatable bonds is 5. The molecule has 0 aliphatic heterocycles. The lowest BCUT2D eigenvalue weighted by Gasteiger charge is -2.17.